The molecule has 0 aliphatic carbocycles. The Morgan fingerprint density at radius 1 is 1.05 bits per heavy atom. The zero-order chi connectivity index (χ0) is 16.5. The molecule has 0 saturated heterocycles. The third kappa shape index (κ3) is 3.64. The van der Waals surface area contributed by atoms with Gasteiger partial charge in [-0.25, -0.2) is 4.79 Å². The number of nitrogens with one attached hydrogen (secondary N) is 1. The number of hydrogen-bond acceptors (Lipinski definition) is 3. The van der Waals surface area contributed by atoms with Gasteiger partial charge in [0, 0.05) is 20.9 Å². The van der Waals surface area contributed by atoms with E-state index < -0.39 is 5.97 Å². The molecule has 0 bridgehead atoms. The van der Waals surface area contributed by atoms with Crippen LogP contribution in [0.1, 0.15) is 24.2 Å². The van der Waals surface area contributed by atoms with Gasteiger partial charge in [-0.15, -0.1) is 0 Å². The molecule has 2 N–H and O–H groups in total. The van der Waals surface area contributed by atoms with E-state index in [2.05, 4.69) is 53.1 Å². The minimum absolute atomic E-state index is 0.0925. The van der Waals surface area contributed by atoms with Gasteiger partial charge in [0.25, 0.3) is 0 Å². The van der Waals surface area contributed by atoms with Crippen LogP contribution in [0.25, 0.3) is 0 Å². The summed E-state index contributed by atoms with van der Waals surface area (Å²) < 4.78 is 0.810. The molecule has 0 radical (unpaired) electrons. The predicted octanol–water partition coefficient (Wildman–Crippen LogP) is 3.61. The highest BCUT2D eigenvalue weighted by atomic mass is 79.9. The fraction of sp³-hybridized carbons (Fsp3) is 0.250. The molecule has 0 unspecified atom stereocenters. The van der Waals surface area contributed by atoms with E-state index in [4.69, 9.17) is 0 Å². The standard InChI is InChI=1S/C12H11Br3N2O4/c1-4(18)16-10-7(13)6(12(20)21)8(14)11(9(10)15)17(3)5(2)19/h1-3H3,(H,16,18)(H,20,21). The fourth-order valence-electron chi connectivity index (χ4n) is 1.58. The van der Waals surface area contributed by atoms with E-state index in [1.807, 2.05) is 0 Å². The third-order valence-electron chi connectivity index (χ3n) is 2.62. The van der Waals surface area contributed by atoms with Gasteiger partial charge in [0.2, 0.25) is 11.8 Å². The maximum absolute atomic E-state index is 11.6. The van der Waals surface area contributed by atoms with Crippen LogP contribution in [0.5, 0.6) is 0 Å². The van der Waals surface area contributed by atoms with Crippen LogP contribution in [-0.2, 0) is 9.59 Å². The van der Waals surface area contributed by atoms with Crippen LogP contribution in [0, 0.1) is 0 Å². The van der Waals surface area contributed by atoms with E-state index in [1.54, 1.807) is 0 Å². The number of anilines is 2. The van der Waals surface area contributed by atoms with Gasteiger partial charge in [-0.1, -0.05) is 0 Å². The van der Waals surface area contributed by atoms with Gasteiger partial charge in [0.1, 0.15) is 0 Å². The minimum atomic E-state index is -1.20. The monoisotopic (exact) mass is 484 g/mol. The molecular weight excluding hydrogens is 476 g/mol. The van der Waals surface area contributed by atoms with E-state index in [0.717, 1.165) is 0 Å². The van der Waals surface area contributed by atoms with E-state index >= 15 is 0 Å². The van der Waals surface area contributed by atoms with Crippen molar-refractivity contribution < 1.29 is 19.5 Å². The molecule has 0 aliphatic rings. The molecule has 0 fully saturated rings. The van der Waals surface area contributed by atoms with Crippen molar-refractivity contribution in [2.24, 2.45) is 0 Å². The van der Waals surface area contributed by atoms with Gasteiger partial charge < -0.3 is 15.3 Å². The molecular formula is C12H11Br3N2O4. The summed E-state index contributed by atoms with van der Waals surface area (Å²) in [6.07, 6.45) is 0. The Balaban J connectivity index is 3.79. The quantitative estimate of drug-likeness (QED) is 0.683. The number of carbonyl (C=O) groups excluding carboxylic acids is 2. The van der Waals surface area contributed by atoms with Gasteiger partial charge in [0.05, 0.1) is 30.4 Å². The van der Waals surface area contributed by atoms with E-state index in [-0.39, 0.29) is 32.0 Å². The largest absolute Gasteiger partial charge is 0.478 e. The summed E-state index contributed by atoms with van der Waals surface area (Å²) in [5, 5.41) is 11.9. The number of rotatable bonds is 3. The molecule has 2 amide bonds. The SMILES string of the molecule is CC(=O)Nc1c(Br)c(C(=O)O)c(Br)c(N(C)C(C)=O)c1Br. The zero-order valence-corrected chi connectivity index (χ0v) is 16.0. The Kier molecular flexibility index (Phi) is 5.94. The van der Waals surface area contributed by atoms with Crippen LogP contribution in [0.4, 0.5) is 11.4 Å². The molecule has 1 aromatic carbocycles. The van der Waals surface area contributed by atoms with Crippen LogP contribution in [-0.4, -0.2) is 29.9 Å². The predicted molar refractivity (Wildman–Crippen MR) is 89.9 cm³/mol. The van der Waals surface area contributed by atoms with Crippen molar-refractivity contribution in [3.8, 4) is 0 Å². The molecule has 114 valence electrons. The van der Waals surface area contributed by atoms with Crippen LogP contribution in [0.2, 0.25) is 0 Å². The average molecular weight is 487 g/mol. The molecule has 0 spiro atoms. The number of benzene rings is 1. The molecule has 0 aliphatic heterocycles. The number of carboxylic acids is 1. The van der Waals surface area contributed by atoms with Crippen molar-refractivity contribution in [3.63, 3.8) is 0 Å². The molecule has 0 atom stereocenters. The summed E-state index contributed by atoms with van der Waals surface area (Å²) in [6.45, 7) is 2.65. The minimum Gasteiger partial charge on any atom is -0.478 e. The highest BCUT2D eigenvalue weighted by molar-refractivity contribution is 9.12. The number of carboxylic acid groups (broad SMARTS) is 1. The van der Waals surface area contributed by atoms with Gasteiger partial charge in [-0.3, -0.25) is 9.59 Å². The van der Waals surface area contributed by atoms with Crippen molar-refractivity contribution in [2.75, 3.05) is 17.3 Å². The highest BCUT2D eigenvalue weighted by Gasteiger charge is 2.27. The number of hydrogen-bond donors (Lipinski definition) is 2. The second-order valence-corrected chi connectivity index (χ2v) is 6.48. The molecule has 1 aromatic rings. The summed E-state index contributed by atoms with van der Waals surface area (Å²) in [7, 11) is 1.50. The summed E-state index contributed by atoms with van der Waals surface area (Å²) >= 11 is 9.68. The Labute approximate surface area is 146 Å². The molecule has 0 heterocycles. The van der Waals surface area contributed by atoms with Crippen molar-refractivity contribution in [2.45, 2.75) is 13.8 Å². The first-order valence-corrected chi connectivity index (χ1v) is 7.93. The van der Waals surface area contributed by atoms with E-state index in [1.165, 1.54) is 25.8 Å². The summed E-state index contributed by atoms with van der Waals surface area (Å²) in [4.78, 5) is 35.6. The first-order chi connectivity index (χ1) is 9.59. The topological polar surface area (TPSA) is 86.7 Å². The van der Waals surface area contributed by atoms with Crippen molar-refractivity contribution in [1.82, 2.24) is 0 Å². The molecule has 6 nitrogen and oxygen atoms in total. The lowest BCUT2D eigenvalue weighted by atomic mass is 10.1. The molecule has 0 saturated carbocycles. The maximum atomic E-state index is 11.6. The molecule has 9 heteroatoms. The van der Waals surface area contributed by atoms with Crippen LogP contribution in [0.15, 0.2) is 13.4 Å². The Bertz CT molecular complexity index is 646. The maximum Gasteiger partial charge on any atom is 0.338 e. The smallest absolute Gasteiger partial charge is 0.338 e. The Morgan fingerprint density at radius 2 is 1.57 bits per heavy atom. The van der Waals surface area contributed by atoms with Crippen LogP contribution < -0.4 is 10.2 Å². The molecule has 21 heavy (non-hydrogen) atoms. The van der Waals surface area contributed by atoms with Crippen molar-refractivity contribution in [1.29, 1.82) is 0 Å². The van der Waals surface area contributed by atoms with Crippen molar-refractivity contribution in [3.05, 3.63) is 19.0 Å². The lowest BCUT2D eigenvalue weighted by molar-refractivity contribution is -0.116. The second kappa shape index (κ2) is 6.89. The first kappa shape index (κ1) is 18.1. The number of amides is 2. The zero-order valence-electron chi connectivity index (χ0n) is 11.3. The average Bonchev–Trinajstić information content (AvgIpc) is 2.33. The van der Waals surface area contributed by atoms with E-state index in [0.29, 0.717) is 10.2 Å². The highest BCUT2D eigenvalue weighted by Crippen LogP contribution is 2.46. The second-order valence-electron chi connectivity index (χ2n) is 4.10. The summed E-state index contributed by atoms with van der Waals surface area (Å²) in [6, 6.07) is 0. The number of nitrogens with zero attached hydrogens (tertiary/aromatic N) is 1. The van der Waals surface area contributed by atoms with Gasteiger partial charge in [-0.2, -0.15) is 0 Å². The number of carbonyl (C=O) groups is 3. The van der Waals surface area contributed by atoms with Crippen molar-refractivity contribution >= 4 is 76.9 Å². The summed E-state index contributed by atoms with van der Waals surface area (Å²) in [5.41, 5.74) is 0.461. The Morgan fingerprint density at radius 3 is 1.95 bits per heavy atom. The van der Waals surface area contributed by atoms with E-state index in [9.17, 15) is 19.5 Å². The van der Waals surface area contributed by atoms with Gasteiger partial charge in [0.15, 0.2) is 0 Å². The van der Waals surface area contributed by atoms with Gasteiger partial charge >= 0.3 is 5.97 Å². The van der Waals surface area contributed by atoms with Gasteiger partial charge in [-0.05, 0) is 47.8 Å². The normalized spacial score (nSPS) is 10.2. The molecule has 1 rings (SSSR count). The van der Waals surface area contributed by atoms with Crippen LogP contribution in [0.3, 0.4) is 0 Å². The van der Waals surface area contributed by atoms with Crippen LogP contribution >= 0.6 is 47.8 Å². The summed E-state index contributed by atoms with van der Waals surface area (Å²) in [5.74, 6) is -1.86. The number of halogens is 3. The lowest BCUT2D eigenvalue weighted by Crippen LogP contribution is -2.25. The lowest BCUT2D eigenvalue weighted by Gasteiger charge is -2.23. The Hall–Kier alpha value is -0.930. The fourth-order valence-corrected chi connectivity index (χ4v) is 4.63. The third-order valence-corrected chi connectivity index (χ3v) is 4.95. The first-order valence-electron chi connectivity index (χ1n) is 5.55. The molecule has 0 aromatic heterocycles. The number of aromatic carboxylic acids is 1.